The zero-order chi connectivity index (χ0) is 21.4. The van der Waals surface area contributed by atoms with E-state index in [4.69, 9.17) is 4.74 Å². The molecule has 0 bridgehead atoms. The van der Waals surface area contributed by atoms with Crippen LogP contribution in [0.25, 0.3) is 0 Å². The summed E-state index contributed by atoms with van der Waals surface area (Å²) < 4.78 is 32.3. The molecule has 0 radical (unpaired) electrons. The second-order valence-electron chi connectivity index (χ2n) is 7.92. The minimum atomic E-state index is -3.55. The third-order valence-corrected chi connectivity index (χ3v) is 6.96. The van der Waals surface area contributed by atoms with Crippen molar-refractivity contribution >= 4 is 16.0 Å². The summed E-state index contributed by atoms with van der Waals surface area (Å²) in [5, 5.41) is 6.86. The molecule has 1 saturated heterocycles. The van der Waals surface area contributed by atoms with Crippen LogP contribution in [0.15, 0.2) is 34.2 Å². The van der Waals surface area contributed by atoms with E-state index in [1.165, 1.54) is 12.8 Å². The first-order valence-electron chi connectivity index (χ1n) is 10.9. The van der Waals surface area contributed by atoms with E-state index >= 15 is 0 Å². The molecule has 3 N–H and O–H groups in total. The molecule has 1 aromatic carbocycles. The summed E-state index contributed by atoms with van der Waals surface area (Å²) in [7, 11) is -2.01. The third kappa shape index (κ3) is 6.94. The lowest BCUT2D eigenvalue weighted by Crippen LogP contribution is -2.49. The molecule has 0 atom stereocenters. The van der Waals surface area contributed by atoms with E-state index in [0.717, 1.165) is 50.0 Å². The number of rotatable bonds is 10. The minimum Gasteiger partial charge on any atom is -0.383 e. The van der Waals surface area contributed by atoms with Gasteiger partial charge in [-0.3, -0.25) is 0 Å². The molecule has 0 spiro atoms. The highest BCUT2D eigenvalue weighted by molar-refractivity contribution is 7.89. The number of sulfonamides is 1. The Morgan fingerprint density at radius 3 is 2.67 bits per heavy atom. The number of methoxy groups -OCH3 is 1. The second-order valence-corrected chi connectivity index (χ2v) is 9.69. The summed E-state index contributed by atoms with van der Waals surface area (Å²) in [5.41, 5.74) is 0.852. The molecule has 0 aromatic heterocycles. The second kappa shape index (κ2) is 11.1. The molecule has 1 aliphatic carbocycles. The van der Waals surface area contributed by atoms with Gasteiger partial charge < -0.3 is 20.3 Å². The van der Waals surface area contributed by atoms with Crippen LogP contribution in [-0.4, -0.2) is 71.3 Å². The number of nitrogens with zero attached hydrogens (tertiary/aromatic N) is 2. The summed E-state index contributed by atoms with van der Waals surface area (Å²) >= 11 is 0. The highest BCUT2D eigenvalue weighted by atomic mass is 32.2. The Bertz CT molecular complexity index is 803. The highest BCUT2D eigenvalue weighted by Gasteiger charge is 2.31. The highest BCUT2D eigenvalue weighted by Crippen LogP contribution is 2.29. The van der Waals surface area contributed by atoms with Crippen molar-refractivity contribution in [1.82, 2.24) is 20.3 Å². The summed E-state index contributed by atoms with van der Waals surface area (Å²) in [6.07, 6.45) is 4.97. The maximum Gasteiger partial charge on any atom is 0.240 e. The number of guanidine groups is 1. The van der Waals surface area contributed by atoms with E-state index in [1.54, 1.807) is 25.3 Å². The van der Waals surface area contributed by atoms with Gasteiger partial charge in [0.2, 0.25) is 10.0 Å². The first-order valence-corrected chi connectivity index (χ1v) is 12.4. The van der Waals surface area contributed by atoms with Gasteiger partial charge in [0.05, 0.1) is 18.0 Å². The van der Waals surface area contributed by atoms with E-state index < -0.39 is 10.0 Å². The number of hydrogen-bond acceptors (Lipinski definition) is 5. The molecule has 3 rings (SSSR count). The number of nitrogens with one attached hydrogen (secondary N) is 3. The van der Waals surface area contributed by atoms with Crippen molar-refractivity contribution < 1.29 is 13.2 Å². The molecule has 0 amide bonds. The van der Waals surface area contributed by atoms with Gasteiger partial charge in [-0.2, -0.15) is 0 Å². The van der Waals surface area contributed by atoms with Gasteiger partial charge in [-0.1, -0.05) is 12.1 Å². The smallest absolute Gasteiger partial charge is 0.240 e. The standard InChI is InChI=1S/C21H35N5O3S/c1-3-22-21(25-18-9-12-26(13-10-18)19-7-8-19)23-16-17-5-4-6-20(15-17)30(27,28)24-11-14-29-2/h4-6,15,18-19,24H,3,7-14,16H2,1-2H3,(H2,22,23,25). The average molecular weight is 438 g/mol. The van der Waals surface area contributed by atoms with E-state index in [-0.39, 0.29) is 11.4 Å². The molecule has 168 valence electrons. The fraction of sp³-hybridized carbons (Fsp3) is 0.667. The van der Waals surface area contributed by atoms with Gasteiger partial charge in [-0.25, -0.2) is 18.1 Å². The fourth-order valence-electron chi connectivity index (χ4n) is 3.70. The van der Waals surface area contributed by atoms with Crippen LogP contribution in [0.1, 0.15) is 38.2 Å². The Balaban J connectivity index is 1.57. The van der Waals surface area contributed by atoms with E-state index in [2.05, 4.69) is 25.2 Å². The summed E-state index contributed by atoms with van der Waals surface area (Å²) in [5.74, 6) is 0.786. The first kappa shape index (κ1) is 23.0. The van der Waals surface area contributed by atoms with Crippen LogP contribution in [0.3, 0.4) is 0 Å². The van der Waals surface area contributed by atoms with Crippen molar-refractivity contribution in [3.63, 3.8) is 0 Å². The van der Waals surface area contributed by atoms with Gasteiger partial charge in [-0.15, -0.1) is 0 Å². The third-order valence-electron chi connectivity index (χ3n) is 5.50. The van der Waals surface area contributed by atoms with Gasteiger partial charge in [0.1, 0.15) is 0 Å². The molecule has 30 heavy (non-hydrogen) atoms. The number of hydrogen-bond donors (Lipinski definition) is 3. The normalized spacial score (nSPS) is 19.1. The molecule has 1 aliphatic heterocycles. The van der Waals surface area contributed by atoms with Crippen LogP contribution in [0.2, 0.25) is 0 Å². The van der Waals surface area contributed by atoms with Crippen LogP contribution in [0.4, 0.5) is 0 Å². The molecule has 2 fully saturated rings. The summed E-state index contributed by atoms with van der Waals surface area (Å²) in [4.78, 5) is 7.54. The Labute approximate surface area is 180 Å². The Morgan fingerprint density at radius 2 is 2.00 bits per heavy atom. The monoisotopic (exact) mass is 437 g/mol. The molecular weight excluding hydrogens is 402 g/mol. The van der Waals surface area contributed by atoms with Gasteiger partial charge in [0.15, 0.2) is 5.96 Å². The van der Waals surface area contributed by atoms with Crippen LogP contribution < -0.4 is 15.4 Å². The SMILES string of the molecule is CCNC(=NCc1cccc(S(=O)(=O)NCCOC)c1)NC1CCN(C2CC2)CC1. The van der Waals surface area contributed by atoms with Gasteiger partial charge in [-0.05, 0) is 50.3 Å². The quantitative estimate of drug-likeness (QED) is 0.290. The predicted molar refractivity (Wildman–Crippen MR) is 119 cm³/mol. The number of likely N-dealkylation sites (tertiary alicyclic amines) is 1. The minimum absolute atomic E-state index is 0.245. The molecule has 9 heteroatoms. The van der Waals surface area contributed by atoms with Crippen molar-refractivity contribution in [3.05, 3.63) is 29.8 Å². The lowest BCUT2D eigenvalue weighted by atomic mass is 10.1. The Morgan fingerprint density at radius 1 is 1.23 bits per heavy atom. The first-order chi connectivity index (χ1) is 14.5. The maximum atomic E-state index is 12.4. The lowest BCUT2D eigenvalue weighted by molar-refractivity contribution is 0.197. The Hall–Kier alpha value is -1.68. The van der Waals surface area contributed by atoms with E-state index in [0.29, 0.717) is 19.2 Å². The van der Waals surface area contributed by atoms with Crippen LogP contribution in [0, 0.1) is 0 Å². The molecular formula is C21H35N5O3S. The molecule has 1 saturated carbocycles. The van der Waals surface area contributed by atoms with Crippen molar-refractivity contribution in [1.29, 1.82) is 0 Å². The molecule has 2 aliphatic rings. The number of aliphatic imine (C=N–C) groups is 1. The van der Waals surface area contributed by atoms with Crippen molar-refractivity contribution in [3.8, 4) is 0 Å². The molecule has 8 nitrogen and oxygen atoms in total. The number of benzene rings is 1. The average Bonchev–Trinajstić information content (AvgIpc) is 3.58. The van der Waals surface area contributed by atoms with Crippen molar-refractivity contribution in [2.45, 2.75) is 56.1 Å². The molecule has 0 unspecified atom stereocenters. The van der Waals surface area contributed by atoms with Crippen LogP contribution in [0.5, 0.6) is 0 Å². The van der Waals surface area contributed by atoms with E-state index in [1.807, 2.05) is 13.0 Å². The molecule has 1 aromatic rings. The summed E-state index contributed by atoms with van der Waals surface area (Å²) in [6.45, 7) is 6.12. The van der Waals surface area contributed by atoms with Gasteiger partial charge in [0, 0.05) is 45.4 Å². The van der Waals surface area contributed by atoms with Crippen molar-refractivity contribution in [2.75, 3.05) is 39.9 Å². The zero-order valence-corrected chi connectivity index (χ0v) is 18.9. The Kier molecular flexibility index (Phi) is 8.50. The van der Waals surface area contributed by atoms with Crippen LogP contribution in [-0.2, 0) is 21.3 Å². The topological polar surface area (TPSA) is 95.1 Å². The zero-order valence-electron chi connectivity index (χ0n) is 18.1. The lowest BCUT2D eigenvalue weighted by Gasteiger charge is -2.33. The maximum absolute atomic E-state index is 12.4. The van der Waals surface area contributed by atoms with Gasteiger partial charge >= 0.3 is 0 Å². The largest absolute Gasteiger partial charge is 0.383 e. The predicted octanol–water partition coefficient (Wildman–Crippen LogP) is 1.29. The van der Waals surface area contributed by atoms with Crippen LogP contribution >= 0.6 is 0 Å². The fourth-order valence-corrected chi connectivity index (χ4v) is 4.79. The molecule has 1 heterocycles. The number of piperidine rings is 1. The summed E-state index contributed by atoms with van der Waals surface area (Å²) in [6, 6.07) is 8.18. The number of ether oxygens (including phenoxy) is 1. The van der Waals surface area contributed by atoms with Gasteiger partial charge in [0.25, 0.3) is 0 Å². The van der Waals surface area contributed by atoms with E-state index in [9.17, 15) is 8.42 Å². The van der Waals surface area contributed by atoms with Crippen molar-refractivity contribution in [2.24, 2.45) is 4.99 Å².